The Balaban J connectivity index is 2.81. The van der Waals surface area contributed by atoms with Crippen LogP contribution in [0, 0.1) is 0 Å². The standard InChI is InChI=1S/C10H12Cl2S4/c11-9-7(3-15-5-13)1-2-8(10(9)12)4-16-6-14/h1-2,13-14H,3-6H2. The van der Waals surface area contributed by atoms with Gasteiger partial charge in [-0.25, -0.2) is 0 Å². The molecule has 90 valence electrons. The summed E-state index contributed by atoms with van der Waals surface area (Å²) >= 11 is 24.2. The third-order valence-corrected chi connectivity index (χ3v) is 5.39. The number of benzene rings is 1. The molecule has 0 amide bonds. The highest BCUT2D eigenvalue weighted by Crippen LogP contribution is 2.33. The molecule has 0 atom stereocenters. The lowest BCUT2D eigenvalue weighted by atomic mass is 10.2. The van der Waals surface area contributed by atoms with Crippen molar-refractivity contribution in [3.8, 4) is 0 Å². The minimum Gasteiger partial charge on any atom is -0.168 e. The van der Waals surface area contributed by atoms with Gasteiger partial charge in [0.25, 0.3) is 0 Å². The van der Waals surface area contributed by atoms with E-state index in [1.807, 2.05) is 12.1 Å². The number of thiol groups is 2. The van der Waals surface area contributed by atoms with Gasteiger partial charge in [0, 0.05) is 21.7 Å². The van der Waals surface area contributed by atoms with Crippen molar-refractivity contribution in [3.05, 3.63) is 33.3 Å². The van der Waals surface area contributed by atoms with Gasteiger partial charge in [0.1, 0.15) is 0 Å². The van der Waals surface area contributed by atoms with Crippen LogP contribution in [0.4, 0.5) is 0 Å². The van der Waals surface area contributed by atoms with E-state index in [4.69, 9.17) is 23.2 Å². The molecule has 0 N–H and O–H groups in total. The molecule has 0 bridgehead atoms. The molecule has 0 aliphatic rings. The molecule has 16 heavy (non-hydrogen) atoms. The third kappa shape index (κ3) is 4.46. The molecule has 0 spiro atoms. The molecule has 0 radical (unpaired) electrons. The first kappa shape index (κ1) is 15.3. The Kier molecular flexibility index (Phi) is 7.94. The summed E-state index contributed by atoms with van der Waals surface area (Å²) in [6.07, 6.45) is 0. The van der Waals surface area contributed by atoms with E-state index in [2.05, 4.69) is 25.3 Å². The van der Waals surface area contributed by atoms with Crippen molar-refractivity contribution in [2.75, 3.05) is 10.2 Å². The minimum absolute atomic E-state index is 0.674. The zero-order valence-corrected chi connectivity index (χ0v) is 13.4. The number of halogens is 2. The molecule has 6 heteroatoms. The van der Waals surface area contributed by atoms with Crippen LogP contribution in [0.25, 0.3) is 0 Å². The average molecular weight is 331 g/mol. The monoisotopic (exact) mass is 330 g/mol. The maximum absolute atomic E-state index is 6.21. The van der Waals surface area contributed by atoms with Crippen molar-refractivity contribution in [1.82, 2.24) is 0 Å². The number of hydrogen-bond acceptors (Lipinski definition) is 4. The smallest absolute Gasteiger partial charge is 0.0635 e. The molecule has 0 unspecified atom stereocenters. The van der Waals surface area contributed by atoms with E-state index >= 15 is 0 Å². The third-order valence-electron chi connectivity index (χ3n) is 1.94. The maximum Gasteiger partial charge on any atom is 0.0635 e. The van der Waals surface area contributed by atoms with Gasteiger partial charge in [-0.15, -0.1) is 23.5 Å². The second-order valence-electron chi connectivity index (χ2n) is 2.97. The van der Waals surface area contributed by atoms with Gasteiger partial charge in [-0.1, -0.05) is 35.3 Å². The van der Waals surface area contributed by atoms with Crippen LogP contribution in [0.1, 0.15) is 11.1 Å². The molecular weight excluding hydrogens is 319 g/mol. The number of rotatable bonds is 6. The highest BCUT2D eigenvalue weighted by molar-refractivity contribution is 8.09. The molecule has 1 aromatic rings. The second-order valence-corrected chi connectivity index (χ2v) is 7.18. The summed E-state index contributed by atoms with van der Waals surface area (Å²) in [6, 6.07) is 4.08. The molecule has 0 heterocycles. The number of thioether (sulfide) groups is 2. The topological polar surface area (TPSA) is 0 Å². The maximum atomic E-state index is 6.21. The van der Waals surface area contributed by atoms with E-state index in [1.165, 1.54) is 0 Å². The summed E-state index contributed by atoms with van der Waals surface area (Å²) in [7, 11) is 0. The fraction of sp³-hybridized carbons (Fsp3) is 0.400. The van der Waals surface area contributed by atoms with Crippen LogP contribution in [0.3, 0.4) is 0 Å². The molecule has 0 nitrogen and oxygen atoms in total. The van der Waals surface area contributed by atoms with Crippen molar-refractivity contribution < 1.29 is 0 Å². The lowest BCUT2D eigenvalue weighted by molar-refractivity contribution is 1.34. The molecular formula is C10H12Cl2S4. The summed E-state index contributed by atoms with van der Waals surface area (Å²) in [4.78, 5) is 0. The van der Waals surface area contributed by atoms with Crippen LogP contribution in [0.2, 0.25) is 10.0 Å². The molecule has 0 aromatic heterocycles. The van der Waals surface area contributed by atoms with Gasteiger partial charge in [0.15, 0.2) is 0 Å². The fourth-order valence-corrected chi connectivity index (χ4v) is 3.48. The van der Waals surface area contributed by atoms with E-state index in [9.17, 15) is 0 Å². The Hall–Kier alpha value is 1.20. The van der Waals surface area contributed by atoms with Gasteiger partial charge in [-0.2, -0.15) is 25.3 Å². The Morgan fingerprint density at radius 2 is 1.25 bits per heavy atom. The second kappa shape index (κ2) is 8.33. The van der Waals surface area contributed by atoms with Crippen molar-refractivity contribution in [2.45, 2.75) is 11.5 Å². The highest BCUT2D eigenvalue weighted by atomic mass is 35.5. The molecule has 0 aliphatic carbocycles. The van der Waals surface area contributed by atoms with Gasteiger partial charge < -0.3 is 0 Å². The van der Waals surface area contributed by atoms with Gasteiger partial charge in [-0.05, 0) is 11.1 Å². The Bertz CT molecular complexity index is 311. The fourth-order valence-electron chi connectivity index (χ4n) is 1.16. The van der Waals surface area contributed by atoms with Crippen LogP contribution >= 0.6 is 72.0 Å². The summed E-state index contributed by atoms with van der Waals surface area (Å²) in [5.74, 6) is 1.70. The largest absolute Gasteiger partial charge is 0.168 e. The predicted molar refractivity (Wildman–Crippen MR) is 86.8 cm³/mol. The lowest BCUT2D eigenvalue weighted by Crippen LogP contribution is -1.89. The van der Waals surface area contributed by atoms with Crippen molar-refractivity contribution in [3.63, 3.8) is 0 Å². The Labute approximate surface area is 126 Å². The SMILES string of the molecule is SCSCc1ccc(CSCS)c(Cl)c1Cl. The van der Waals surface area contributed by atoms with E-state index in [0.29, 0.717) is 10.0 Å². The Morgan fingerprint density at radius 1 is 0.875 bits per heavy atom. The number of hydrogen-bond donors (Lipinski definition) is 2. The zero-order chi connectivity index (χ0) is 12.0. The summed E-state index contributed by atoms with van der Waals surface area (Å²) < 4.78 is 0. The molecule has 0 saturated carbocycles. The quantitative estimate of drug-likeness (QED) is 0.541. The first-order valence-electron chi connectivity index (χ1n) is 4.53. The summed E-state index contributed by atoms with van der Waals surface area (Å²) in [5.41, 5.74) is 2.15. The Morgan fingerprint density at radius 3 is 1.56 bits per heavy atom. The molecule has 0 saturated heterocycles. The van der Waals surface area contributed by atoms with Gasteiger partial charge in [-0.3, -0.25) is 0 Å². The van der Waals surface area contributed by atoms with Crippen molar-refractivity contribution in [1.29, 1.82) is 0 Å². The van der Waals surface area contributed by atoms with E-state index < -0.39 is 0 Å². The summed E-state index contributed by atoms with van der Waals surface area (Å²) in [6.45, 7) is 0. The molecule has 1 rings (SSSR count). The van der Waals surface area contributed by atoms with Gasteiger partial charge >= 0.3 is 0 Å². The van der Waals surface area contributed by atoms with Crippen LogP contribution < -0.4 is 0 Å². The predicted octanol–water partition coefficient (Wildman–Crippen LogP) is 5.23. The van der Waals surface area contributed by atoms with Gasteiger partial charge in [0.2, 0.25) is 0 Å². The van der Waals surface area contributed by atoms with Crippen LogP contribution in [-0.2, 0) is 11.5 Å². The van der Waals surface area contributed by atoms with E-state index in [1.54, 1.807) is 23.5 Å². The van der Waals surface area contributed by atoms with Crippen molar-refractivity contribution >= 4 is 72.0 Å². The molecule has 0 fully saturated rings. The average Bonchev–Trinajstić information content (AvgIpc) is 2.30. The van der Waals surface area contributed by atoms with Crippen LogP contribution in [0.5, 0.6) is 0 Å². The first-order valence-corrected chi connectivity index (χ1v) is 8.86. The summed E-state index contributed by atoms with van der Waals surface area (Å²) in [5, 5.41) is 2.91. The van der Waals surface area contributed by atoms with Crippen LogP contribution in [-0.4, -0.2) is 10.2 Å². The molecule has 1 aromatic carbocycles. The van der Waals surface area contributed by atoms with Gasteiger partial charge in [0.05, 0.1) is 10.0 Å². The highest BCUT2D eigenvalue weighted by Gasteiger charge is 2.09. The zero-order valence-electron chi connectivity index (χ0n) is 8.45. The van der Waals surface area contributed by atoms with E-state index in [-0.39, 0.29) is 0 Å². The normalized spacial score (nSPS) is 10.8. The minimum atomic E-state index is 0.674. The van der Waals surface area contributed by atoms with Crippen molar-refractivity contribution in [2.24, 2.45) is 0 Å². The van der Waals surface area contributed by atoms with E-state index in [0.717, 1.165) is 32.8 Å². The lowest BCUT2D eigenvalue weighted by Gasteiger charge is -2.09. The first-order chi connectivity index (χ1) is 7.70. The molecule has 0 aliphatic heterocycles. The van der Waals surface area contributed by atoms with Crippen LogP contribution in [0.15, 0.2) is 12.1 Å².